The van der Waals surface area contributed by atoms with Gasteiger partial charge in [0, 0.05) is 38.5 Å². The van der Waals surface area contributed by atoms with E-state index < -0.39 is 11.9 Å². The number of nitrogens with zero attached hydrogens (tertiary/aromatic N) is 2. The Hall–Kier alpha value is -1.18. The molecular weight excluding hydrogens is 372 g/mol. The van der Waals surface area contributed by atoms with E-state index in [0.717, 1.165) is 71.2 Å². The third-order valence-corrected chi connectivity index (χ3v) is 5.91. The Balaban J connectivity index is 2.41. The van der Waals surface area contributed by atoms with Crippen molar-refractivity contribution in [3.8, 4) is 0 Å². The van der Waals surface area contributed by atoms with Gasteiger partial charge in [-0.3, -0.25) is 14.5 Å². The fourth-order valence-corrected chi connectivity index (χ4v) is 4.23. The molecule has 0 aliphatic heterocycles. The first-order valence-electron chi connectivity index (χ1n) is 11.5. The molecule has 3 N–H and O–H groups in total. The van der Waals surface area contributed by atoms with E-state index >= 15 is 0 Å². The molecule has 29 heavy (non-hydrogen) atoms. The summed E-state index contributed by atoms with van der Waals surface area (Å²) in [6.45, 7) is 4.74. The molecule has 0 unspecified atom stereocenters. The van der Waals surface area contributed by atoms with Crippen molar-refractivity contribution in [3.05, 3.63) is 0 Å². The first-order chi connectivity index (χ1) is 14.0. The lowest BCUT2D eigenvalue weighted by Crippen LogP contribution is -2.43. The number of carboxylic acids is 2. The summed E-state index contributed by atoms with van der Waals surface area (Å²) in [5.74, 6) is -1.46. The van der Waals surface area contributed by atoms with Gasteiger partial charge in [0.05, 0.1) is 6.61 Å². The molecule has 1 fully saturated rings. The Labute approximate surface area is 176 Å². The van der Waals surface area contributed by atoms with Gasteiger partial charge in [-0.05, 0) is 51.6 Å². The molecule has 0 amide bonds. The molecule has 1 aliphatic rings. The fourth-order valence-electron chi connectivity index (χ4n) is 4.23. The van der Waals surface area contributed by atoms with Crippen molar-refractivity contribution < 1.29 is 24.9 Å². The fraction of sp³-hybridized carbons (Fsp3) is 0.909. The van der Waals surface area contributed by atoms with Crippen molar-refractivity contribution in [2.45, 2.75) is 89.5 Å². The minimum atomic E-state index is -0.729. The van der Waals surface area contributed by atoms with E-state index in [1.165, 1.54) is 32.1 Å². The Bertz CT molecular complexity index is 417. The number of hydrogen-bond donors (Lipinski definition) is 3. The molecule has 0 spiro atoms. The molecule has 1 saturated carbocycles. The summed E-state index contributed by atoms with van der Waals surface area (Å²) in [4.78, 5) is 26.2. The van der Waals surface area contributed by atoms with E-state index in [1.54, 1.807) is 0 Å². The van der Waals surface area contributed by atoms with Crippen LogP contribution in [0.2, 0.25) is 0 Å². The number of hydrogen-bond acceptors (Lipinski definition) is 5. The predicted octanol–water partition coefficient (Wildman–Crippen LogP) is 3.21. The van der Waals surface area contributed by atoms with Gasteiger partial charge in [0.2, 0.25) is 0 Å². The van der Waals surface area contributed by atoms with Crippen LogP contribution >= 0.6 is 0 Å². The second kappa shape index (κ2) is 16.6. The van der Waals surface area contributed by atoms with Crippen LogP contribution in [-0.2, 0) is 9.59 Å². The van der Waals surface area contributed by atoms with Crippen LogP contribution in [0.1, 0.15) is 83.5 Å². The van der Waals surface area contributed by atoms with Gasteiger partial charge in [-0.2, -0.15) is 0 Å². The molecular formula is C22H42N2O5. The van der Waals surface area contributed by atoms with Gasteiger partial charge in [0.25, 0.3) is 0 Å². The highest BCUT2D eigenvalue weighted by atomic mass is 16.4. The van der Waals surface area contributed by atoms with Gasteiger partial charge in [-0.25, -0.2) is 0 Å². The van der Waals surface area contributed by atoms with Crippen molar-refractivity contribution in [3.63, 3.8) is 0 Å². The minimum Gasteiger partial charge on any atom is -0.481 e. The summed E-state index contributed by atoms with van der Waals surface area (Å²) < 4.78 is 0. The third-order valence-electron chi connectivity index (χ3n) is 5.91. The van der Waals surface area contributed by atoms with Gasteiger partial charge < -0.3 is 20.2 Å². The first kappa shape index (κ1) is 25.9. The van der Waals surface area contributed by atoms with Crippen molar-refractivity contribution in [2.24, 2.45) is 0 Å². The van der Waals surface area contributed by atoms with E-state index in [2.05, 4.69) is 9.80 Å². The lowest BCUT2D eigenvalue weighted by molar-refractivity contribution is -0.138. The van der Waals surface area contributed by atoms with Crippen molar-refractivity contribution in [1.82, 2.24) is 9.80 Å². The molecule has 7 nitrogen and oxygen atoms in total. The van der Waals surface area contributed by atoms with Gasteiger partial charge >= 0.3 is 11.9 Å². The SMILES string of the molecule is O=C(O)CCCCCN(CCCCCC(=O)O)CCN(CCO)C1CCCCC1. The Morgan fingerprint density at radius 2 is 1.24 bits per heavy atom. The number of unbranched alkanes of at least 4 members (excludes halogenated alkanes) is 4. The van der Waals surface area contributed by atoms with E-state index in [1.807, 2.05) is 0 Å². The van der Waals surface area contributed by atoms with Gasteiger partial charge in [0.1, 0.15) is 0 Å². The van der Waals surface area contributed by atoms with Crippen molar-refractivity contribution in [2.75, 3.05) is 39.3 Å². The molecule has 0 aromatic heterocycles. The molecule has 0 aromatic carbocycles. The monoisotopic (exact) mass is 414 g/mol. The molecule has 0 bridgehead atoms. The zero-order valence-corrected chi connectivity index (χ0v) is 18.1. The summed E-state index contributed by atoms with van der Waals surface area (Å²) in [5.41, 5.74) is 0. The summed E-state index contributed by atoms with van der Waals surface area (Å²) in [5, 5.41) is 27.0. The second-order valence-corrected chi connectivity index (χ2v) is 8.30. The van der Waals surface area contributed by atoms with Crippen molar-refractivity contribution in [1.29, 1.82) is 0 Å². The Morgan fingerprint density at radius 3 is 1.72 bits per heavy atom. The lowest BCUT2D eigenvalue weighted by Gasteiger charge is -2.35. The minimum absolute atomic E-state index is 0.195. The van der Waals surface area contributed by atoms with E-state index in [0.29, 0.717) is 6.04 Å². The molecule has 0 aromatic rings. The first-order valence-corrected chi connectivity index (χ1v) is 11.5. The summed E-state index contributed by atoms with van der Waals surface area (Å²) in [6.07, 6.45) is 12.1. The molecule has 0 atom stereocenters. The van der Waals surface area contributed by atoms with Crippen LogP contribution in [0.4, 0.5) is 0 Å². The number of rotatable bonds is 18. The lowest BCUT2D eigenvalue weighted by atomic mass is 9.94. The maximum absolute atomic E-state index is 10.7. The highest BCUT2D eigenvalue weighted by Crippen LogP contribution is 2.22. The molecule has 0 saturated heterocycles. The van der Waals surface area contributed by atoms with Crippen LogP contribution in [-0.4, -0.2) is 82.4 Å². The summed E-state index contributed by atoms with van der Waals surface area (Å²) in [7, 11) is 0. The highest BCUT2D eigenvalue weighted by Gasteiger charge is 2.21. The maximum atomic E-state index is 10.7. The third kappa shape index (κ3) is 13.6. The Morgan fingerprint density at radius 1 is 0.690 bits per heavy atom. The molecule has 1 rings (SSSR count). The Kier molecular flexibility index (Phi) is 14.8. The van der Waals surface area contributed by atoms with Gasteiger partial charge in [-0.15, -0.1) is 0 Å². The van der Waals surface area contributed by atoms with Crippen LogP contribution in [0.15, 0.2) is 0 Å². The predicted molar refractivity (Wildman–Crippen MR) is 114 cm³/mol. The van der Waals surface area contributed by atoms with Gasteiger partial charge in [0.15, 0.2) is 0 Å². The average molecular weight is 415 g/mol. The largest absolute Gasteiger partial charge is 0.481 e. The number of carbonyl (C=O) groups is 2. The number of aliphatic hydroxyl groups is 1. The van der Waals surface area contributed by atoms with Crippen LogP contribution in [0.25, 0.3) is 0 Å². The standard InChI is InChI=1S/C22H42N2O5/c25-19-18-24(20-10-4-1-5-11-20)17-16-23(14-8-2-6-12-21(26)27)15-9-3-7-13-22(28)29/h20,25H,1-19H2,(H,26,27)(H,28,29). The quantitative estimate of drug-likeness (QED) is 0.296. The van der Waals surface area contributed by atoms with Crippen LogP contribution < -0.4 is 0 Å². The average Bonchev–Trinajstić information content (AvgIpc) is 2.70. The molecule has 1 aliphatic carbocycles. The second-order valence-electron chi connectivity index (χ2n) is 8.30. The smallest absolute Gasteiger partial charge is 0.303 e. The van der Waals surface area contributed by atoms with Crippen molar-refractivity contribution >= 4 is 11.9 Å². The van der Waals surface area contributed by atoms with Crippen LogP contribution in [0, 0.1) is 0 Å². The topological polar surface area (TPSA) is 101 Å². The molecule has 0 heterocycles. The van der Waals surface area contributed by atoms with E-state index in [9.17, 15) is 14.7 Å². The van der Waals surface area contributed by atoms with Crippen LogP contribution in [0.5, 0.6) is 0 Å². The van der Waals surface area contributed by atoms with Crippen LogP contribution in [0.3, 0.4) is 0 Å². The zero-order chi connectivity index (χ0) is 21.3. The number of aliphatic hydroxyl groups excluding tert-OH is 1. The zero-order valence-electron chi connectivity index (χ0n) is 18.1. The molecule has 170 valence electrons. The van der Waals surface area contributed by atoms with Gasteiger partial charge in [-0.1, -0.05) is 32.1 Å². The highest BCUT2D eigenvalue weighted by molar-refractivity contribution is 5.66. The summed E-state index contributed by atoms with van der Waals surface area (Å²) in [6, 6.07) is 0.587. The van der Waals surface area contributed by atoms with E-state index in [-0.39, 0.29) is 19.4 Å². The molecule has 0 radical (unpaired) electrons. The maximum Gasteiger partial charge on any atom is 0.303 e. The normalized spacial score (nSPS) is 15.3. The van der Waals surface area contributed by atoms with E-state index in [4.69, 9.17) is 10.2 Å². The number of aliphatic carboxylic acids is 2. The molecule has 7 heteroatoms. The number of carboxylic acid groups (broad SMARTS) is 2. The summed E-state index contributed by atoms with van der Waals surface area (Å²) >= 11 is 0.